The first-order chi connectivity index (χ1) is 12.3. The fourth-order valence-electron chi connectivity index (χ4n) is 3.21. The number of aromatic nitrogens is 2. The average molecular weight is 341 g/mol. The van der Waals surface area contributed by atoms with Crippen LogP contribution in [0, 0.1) is 0 Å². The lowest BCUT2D eigenvalue weighted by molar-refractivity contribution is 0.342. The first kappa shape index (κ1) is 17.3. The third-order valence-corrected chi connectivity index (χ3v) is 4.52. The molecule has 6 nitrogen and oxygen atoms in total. The summed E-state index contributed by atoms with van der Waals surface area (Å²) in [4.78, 5) is 8.65. The summed E-state index contributed by atoms with van der Waals surface area (Å²) in [5.41, 5.74) is 7.70. The fourth-order valence-corrected chi connectivity index (χ4v) is 3.21. The molecule has 0 radical (unpaired) electrons. The molecule has 2 aromatic rings. The molecule has 0 aliphatic heterocycles. The highest BCUT2D eigenvalue weighted by Gasteiger charge is 2.16. The molecule has 1 saturated carbocycles. The van der Waals surface area contributed by atoms with Gasteiger partial charge >= 0.3 is 0 Å². The Morgan fingerprint density at radius 1 is 1.08 bits per heavy atom. The summed E-state index contributed by atoms with van der Waals surface area (Å²) < 4.78 is 5.65. The van der Waals surface area contributed by atoms with Crippen LogP contribution in [0.15, 0.2) is 30.6 Å². The molecule has 0 amide bonds. The lowest BCUT2D eigenvalue weighted by Crippen LogP contribution is -2.20. The van der Waals surface area contributed by atoms with E-state index < -0.39 is 0 Å². The number of hydrogen-bond donors (Lipinski definition) is 3. The minimum Gasteiger partial charge on any atom is -0.492 e. The number of nitrogens with one attached hydrogen (secondary N) is 2. The first-order valence-corrected chi connectivity index (χ1v) is 9.13. The maximum atomic E-state index is 6.32. The summed E-state index contributed by atoms with van der Waals surface area (Å²) in [6.07, 6.45) is 9.03. The molecular formula is C19H27N5O. The van der Waals surface area contributed by atoms with Crippen molar-refractivity contribution in [3.05, 3.63) is 30.6 Å². The van der Waals surface area contributed by atoms with E-state index in [4.69, 9.17) is 10.5 Å². The van der Waals surface area contributed by atoms with Crippen molar-refractivity contribution in [1.29, 1.82) is 0 Å². The van der Waals surface area contributed by atoms with Crippen molar-refractivity contribution in [1.82, 2.24) is 9.97 Å². The molecule has 3 rings (SSSR count). The van der Waals surface area contributed by atoms with Gasteiger partial charge in [0.05, 0.1) is 12.3 Å². The third-order valence-electron chi connectivity index (χ3n) is 4.52. The third kappa shape index (κ3) is 4.53. The number of rotatable bonds is 6. The lowest BCUT2D eigenvalue weighted by Gasteiger charge is -2.19. The van der Waals surface area contributed by atoms with Crippen molar-refractivity contribution in [2.24, 2.45) is 0 Å². The predicted octanol–water partition coefficient (Wildman–Crippen LogP) is 4.34. The zero-order chi connectivity index (χ0) is 17.5. The van der Waals surface area contributed by atoms with Crippen molar-refractivity contribution in [2.75, 3.05) is 23.0 Å². The topological polar surface area (TPSA) is 85.1 Å². The summed E-state index contributed by atoms with van der Waals surface area (Å²) >= 11 is 0. The number of nitrogen functional groups attached to an aromatic ring is 1. The van der Waals surface area contributed by atoms with E-state index in [-0.39, 0.29) is 0 Å². The van der Waals surface area contributed by atoms with E-state index >= 15 is 0 Å². The van der Waals surface area contributed by atoms with E-state index in [0.717, 1.165) is 11.4 Å². The number of anilines is 4. The second-order valence-corrected chi connectivity index (χ2v) is 6.37. The SMILES string of the molecule is CCOc1ccccc1Nc1ncnc(NC2CCCCCC2)c1N. The largest absolute Gasteiger partial charge is 0.492 e. The molecule has 0 spiro atoms. The van der Waals surface area contributed by atoms with Crippen molar-refractivity contribution in [2.45, 2.75) is 51.5 Å². The number of hydrogen-bond acceptors (Lipinski definition) is 6. The summed E-state index contributed by atoms with van der Waals surface area (Å²) in [7, 11) is 0. The Bertz CT molecular complexity index is 683. The van der Waals surface area contributed by atoms with E-state index in [1.165, 1.54) is 38.5 Å². The number of nitrogens with two attached hydrogens (primary N) is 1. The lowest BCUT2D eigenvalue weighted by atomic mass is 10.1. The number of nitrogens with zero attached hydrogens (tertiary/aromatic N) is 2. The van der Waals surface area contributed by atoms with Crippen LogP contribution >= 0.6 is 0 Å². The molecule has 4 N–H and O–H groups in total. The molecule has 0 atom stereocenters. The molecule has 25 heavy (non-hydrogen) atoms. The van der Waals surface area contributed by atoms with Gasteiger partial charge in [0.15, 0.2) is 11.6 Å². The number of ether oxygens (including phenoxy) is 1. The predicted molar refractivity (Wildman–Crippen MR) is 102 cm³/mol. The fraction of sp³-hybridized carbons (Fsp3) is 0.474. The Kier molecular flexibility index (Phi) is 5.93. The smallest absolute Gasteiger partial charge is 0.159 e. The van der Waals surface area contributed by atoms with Crippen LogP contribution in [0.5, 0.6) is 5.75 Å². The summed E-state index contributed by atoms with van der Waals surface area (Å²) in [6.45, 7) is 2.57. The van der Waals surface area contributed by atoms with Gasteiger partial charge in [0.25, 0.3) is 0 Å². The molecule has 1 fully saturated rings. The van der Waals surface area contributed by atoms with E-state index in [0.29, 0.717) is 30.0 Å². The average Bonchev–Trinajstić information content (AvgIpc) is 2.89. The Labute approximate surface area is 149 Å². The van der Waals surface area contributed by atoms with Gasteiger partial charge in [0.1, 0.15) is 17.8 Å². The van der Waals surface area contributed by atoms with Crippen LogP contribution in [0.25, 0.3) is 0 Å². The molecule has 6 heteroatoms. The van der Waals surface area contributed by atoms with Crippen LogP contribution in [0.1, 0.15) is 45.4 Å². The van der Waals surface area contributed by atoms with Gasteiger partial charge in [0.2, 0.25) is 0 Å². The second kappa shape index (κ2) is 8.55. The Morgan fingerprint density at radius 3 is 2.56 bits per heavy atom. The second-order valence-electron chi connectivity index (χ2n) is 6.37. The Hall–Kier alpha value is -2.50. The van der Waals surface area contributed by atoms with Crippen LogP contribution in [0.3, 0.4) is 0 Å². The summed E-state index contributed by atoms with van der Waals surface area (Å²) in [5.74, 6) is 2.08. The van der Waals surface area contributed by atoms with Crippen LogP contribution in [-0.4, -0.2) is 22.6 Å². The van der Waals surface area contributed by atoms with Gasteiger partial charge in [0, 0.05) is 6.04 Å². The van der Waals surface area contributed by atoms with Gasteiger partial charge in [-0.15, -0.1) is 0 Å². The maximum Gasteiger partial charge on any atom is 0.159 e. The van der Waals surface area contributed by atoms with Gasteiger partial charge in [-0.1, -0.05) is 37.8 Å². The van der Waals surface area contributed by atoms with Crippen molar-refractivity contribution >= 4 is 23.0 Å². The molecule has 1 aromatic carbocycles. The van der Waals surface area contributed by atoms with Gasteiger partial charge in [-0.05, 0) is 31.9 Å². The van der Waals surface area contributed by atoms with Crippen LogP contribution in [0.4, 0.5) is 23.0 Å². The highest BCUT2D eigenvalue weighted by molar-refractivity contribution is 5.79. The molecule has 134 valence electrons. The quantitative estimate of drug-likeness (QED) is 0.678. The van der Waals surface area contributed by atoms with E-state index in [1.807, 2.05) is 31.2 Å². The Balaban J connectivity index is 1.77. The molecular weight excluding hydrogens is 314 g/mol. The summed E-state index contributed by atoms with van der Waals surface area (Å²) in [6, 6.07) is 8.20. The van der Waals surface area contributed by atoms with E-state index in [2.05, 4.69) is 20.6 Å². The molecule has 1 aromatic heterocycles. The molecule has 1 aliphatic rings. The van der Waals surface area contributed by atoms with Gasteiger partial charge in [-0.2, -0.15) is 0 Å². The summed E-state index contributed by atoms with van der Waals surface area (Å²) in [5, 5.41) is 6.78. The molecule has 1 aliphatic carbocycles. The van der Waals surface area contributed by atoms with E-state index in [1.54, 1.807) is 6.33 Å². The van der Waals surface area contributed by atoms with Crippen LogP contribution in [0.2, 0.25) is 0 Å². The monoisotopic (exact) mass is 341 g/mol. The minimum absolute atomic E-state index is 0.434. The zero-order valence-corrected chi connectivity index (χ0v) is 14.8. The minimum atomic E-state index is 0.434. The highest BCUT2D eigenvalue weighted by Crippen LogP contribution is 2.32. The van der Waals surface area contributed by atoms with Crippen LogP contribution < -0.4 is 21.1 Å². The molecule has 0 bridgehead atoms. The van der Waals surface area contributed by atoms with Crippen molar-refractivity contribution in [3.63, 3.8) is 0 Å². The Morgan fingerprint density at radius 2 is 1.80 bits per heavy atom. The standard InChI is InChI=1S/C19H27N5O/c1-2-25-16-12-8-7-11-15(16)24-19-17(20)18(21-13-22-19)23-14-9-5-3-4-6-10-14/h7-8,11-14H,2-6,9-10,20H2,1H3,(H2,21,22,23,24). The van der Waals surface area contributed by atoms with Gasteiger partial charge < -0.3 is 21.1 Å². The van der Waals surface area contributed by atoms with Gasteiger partial charge in [-0.25, -0.2) is 9.97 Å². The number of benzene rings is 1. The van der Waals surface area contributed by atoms with Crippen molar-refractivity contribution < 1.29 is 4.74 Å². The molecule has 0 unspecified atom stereocenters. The molecule has 1 heterocycles. The normalized spacial score (nSPS) is 15.4. The molecule has 0 saturated heterocycles. The maximum absolute atomic E-state index is 6.32. The van der Waals surface area contributed by atoms with Crippen molar-refractivity contribution in [3.8, 4) is 5.75 Å². The zero-order valence-electron chi connectivity index (χ0n) is 14.8. The highest BCUT2D eigenvalue weighted by atomic mass is 16.5. The van der Waals surface area contributed by atoms with Crippen LogP contribution in [-0.2, 0) is 0 Å². The van der Waals surface area contributed by atoms with Gasteiger partial charge in [-0.3, -0.25) is 0 Å². The van der Waals surface area contributed by atoms with E-state index in [9.17, 15) is 0 Å². The number of para-hydroxylation sites is 2. The first-order valence-electron chi connectivity index (χ1n) is 9.13.